The zero-order valence-corrected chi connectivity index (χ0v) is 16.3. The van der Waals surface area contributed by atoms with Gasteiger partial charge >= 0.3 is 0 Å². The van der Waals surface area contributed by atoms with Gasteiger partial charge in [-0.1, -0.05) is 29.8 Å². The summed E-state index contributed by atoms with van der Waals surface area (Å²) >= 11 is 6.34. The van der Waals surface area contributed by atoms with E-state index in [2.05, 4.69) is 21.9 Å². The average molecular weight is 388 g/mol. The van der Waals surface area contributed by atoms with Crippen molar-refractivity contribution in [3.05, 3.63) is 53.1 Å². The molecule has 1 aromatic heterocycles. The second-order valence-corrected chi connectivity index (χ2v) is 7.93. The van der Waals surface area contributed by atoms with Gasteiger partial charge in [0, 0.05) is 42.6 Å². The summed E-state index contributed by atoms with van der Waals surface area (Å²) in [6.07, 6.45) is 6.69. The van der Waals surface area contributed by atoms with E-state index in [9.17, 15) is 4.79 Å². The lowest BCUT2D eigenvalue weighted by molar-refractivity contribution is -0.133. The molecule has 2 aliphatic heterocycles. The van der Waals surface area contributed by atoms with Gasteiger partial charge < -0.3 is 9.47 Å². The number of rotatable bonds is 4. The third-order valence-corrected chi connectivity index (χ3v) is 6.25. The number of aromatic nitrogens is 2. The Kier molecular flexibility index (Phi) is 5.48. The molecule has 2 fully saturated rings. The molecule has 7 heteroatoms. The lowest BCUT2D eigenvalue weighted by Crippen LogP contribution is -2.45. The molecule has 2 saturated heterocycles. The van der Waals surface area contributed by atoms with Crippen LogP contribution in [0.1, 0.15) is 36.7 Å². The Balaban J connectivity index is 1.29. The first-order chi connectivity index (χ1) is 13.1. The Labute approximate surface area is 164 Å². The summed E-state index contributed by atoms with van der Waals surface area (Å²) in [4.78, 5) is 18.7. The number of aryl methyl sites for hydroxylation is 1. The molecule has 0 radical (unpaired) electrons. The van der Waals surface area contributed by atoms with Crippen LogP contribution in [0.5, 0.6) is 0 Å². The van der Waals surface area contributed by atoms with Gasteiger partial charge in [0.2, 0.25) is 5.91 Å². The fourth-order valence-electron chi connectivity index (χ4n) is 4.22. The molecule has 2 N–H and O–H groups in total. The molecule has 4 rings (SSSR count). The maximum absolute atomic E-state index is 12.6. The van der Waals surface area contributed by atoms with Crippen LogP contribution in [-0.4, -0.2) is 39.5 Å². The van der Waals surface area contributed by atoms with Crippen molar-refractivity contribution in [2.75, 3.05) is 13.1 Å². The van der Waals surface area contributed by atoms with Crippen molar-refractivity contribution in [3.63, 3.8) is 0 Å². The fourth-order valence-corrected chi connectivity index (χ4v) is 4.49. The average Bonchev–Trinajstić information content (AvgIpc) is 3.32. The predicted octanol–water partition coefficient (Wildman–Crippen LogP) is 2.69. The smallest absolute Gasteiger partial charge is 0.242 e. The van der Waals surface area contributed by atoms with E-state index in [0.29, 0.717) is 18.5 Å². The molecule has 2 unspecified atom stereocenters. The van der Waals surface area contributed by atoms with Crippen molar-refractivity contribution in [1.29, 1.82) is 0 Å². The molecular weight excluding hydrogens is 362 g/mol. The number of nitrogens with one attached hydrogen (secondary N) is 2. The number of carbonyl (C=O) groups is 1. The lowest BCUT2D eigenvalue weighted by Gasteiger charge is -2.34. The molecule has 1 aromatic carbocycles. The number of carbonyl (C=O) groups excluding carboxylic acids is 1. The molecule has 1 amide bonds. The van der Waals surface area contributed by atoms with Crippen molar-refractivity contribution in [2.45, 2.75) is 44.8 Å². The molecule has 0 aliphatic carbocycles. The zero-order chi connectivity index (χ0) is 18.8. The Morgan fingerprint density at radius 2 is 2.04 bits per heavy atom. The first-order valence-electron chi connectivity index (χ1n) is 9.63. The van der Waals surface area contributed by atoms with Crippen molar-refractivity contribution in [3.8, 4) is 0 Å². The molecule has 2 aliphatic rings. The normalized spacial score (nSPS) is 23.7. The van der Waals surface area contributed by atoms with Gasteiger partial charge in [-0.2, -0.15) is 0 Å². The van der Waals surface area contributed by atoms with Crippen LogP contribution in [0.2, 0.25) is 5.02 Å². The highest BCUT2D eigenvalue weighted by Gasteiger charge is 2.34. The van der Waals surface area contributed by atoms with Crippen LogP contribution >= 0.6 is 11.6 Å². The van der Waals surface area contributed by atoms with Gasteiger partial charge in [0.15, 0.2) is 0 Å². The summed E-state index contributed by atoms with van der Waals surface area (Å²) in [5.74, 6) is 1.63. The topological polar surface area (TPSA) is 62.2 Å². The van der Waals surface area contributed by atoms with E-state index in [1.54, 1.807) is 6.20 Å². The molecule has 144 valence electrons. The van der Waals surface area contributed by atoms with Gasteiger partial charge in [0.25, 0.3) is 0 Å². The van der Waals surface area contributed by atoms with Crippen LogP contribution in [0.4, 0.5) is 0 Å². The Morgan fingerprint density at radius 3 is 2.74 bits per heavy atom. The number of benzene rings is 1. The monoisotopic (exact) mass is 387 g/mol. The molecule has 3 heterocycles. The molecule has 27 heavy (non-hydrogen) atoms. The number of hydrogen-bond acceptors (Lipinski definition) is 4. The van der Waals surface area contributed by atoms with E-state index < -0.39 is 0 Å². The van der Waals surface area contributed by atoms with Crippen molar-refractivity contribution >= 4 is 17.5 Å². The first-order valence-corrected chi connectivity index (χ1v) is 10.0. The molecule has 0 saturated carbocycles. The summed E-state index contributed by atoms with van der Waals surface area (Å²) in [7, 11) is 0. The summed E-state index contributed by atoms with van der Waals surface area (Å²) in [6.45, 7) is 3.96. The summed E-state index contributed by atoms with van der Waals surface area (Å²) in [5, 5.41) is 0.813. The highest BCUT2D eigenvalue weighted by molar-refractivity contribution is 6.31. The SMILES string of the molecule is Cc1nccn1CC(=O)N1CCC(C2CC(c3ccccc3Cl)NN2)CC1. The van der Waals surface area contributed by atoms with E-state index in [1.807, 2.05) is 40.8 Å². The van der Waals surface area contributed by atoms with E-state index in [1.165, 1.54) is 0 Å². The predicted molar refractivity (Wildman–Crippen MR) is 105 cm³/mol. The maximum atomic E-state index is 12.6. The minimum Gasteiger partial charge on any atom is -0.341 e. The molecule has 0 spiro atoms. The second kappa shape index (κ2) is 8.00. The summed E-state index contributed by atoms with van der Waals surface area (Å²) < 4.78 is 1.91. The molecule has 6 nitrogen and oxygen atoms in total. The molecular formula is C20H26ClN5O. The minimum atomic E-state index is 0.181. The van der Waals surface area contributed by atoms with Gasteiger partial charge in [0.1, 0.15) is 12.4 Å². The van der Waals surface area contributed by atoms with Crippen molar-refractivity contribution < 1.29 is 4.79 Å². The molecule has 0 bridgehead atoms. The van der Waals surface area contributed by atoms with Gasteiger partial charge in [-0.25, -0.2) is 10.4 Å². The van der Waals surface area contributed by atoms with E-state index >= 15 is 0 Å². The number of imidazole rings is 1. The van der Waals surface area contributed by atoms with Crippen LogP contribution < -0.4 is 10.9 Å². The van der Waals surface area contributed by atoms with Gasteiger partial charge in [-0.05, 0) is 43.7 Å². The highest BCUT2D eigenvalue weighted by atomic mass is 35.5. The zero-order valence-electron chi connectivity index (χ0n) is 15.6. The van der Waals surface area contributed by atoms with Crippen LogP contribution in [0.25, 0.3) is 0 Å². The number of likely N-dealkylation sites (tertiary alicyclic amines) is 1. The van der Waals surface area contributed by atoms with Crippen LogP contribution in [-0.2, 0) is 11.3 Å². The van der Waals surface area contributed by atoms with Crippen molar-refractivity contribution in [1.82, 2.24) is 25.3 Å². The van der Waals surface area contributed by atoms with Gasteiger partial charge in [0.05, 0.1) is 0 Å². The Morgan fingerprint density at radius 1 is 1.26 bits per heavy atom. The fraction of sp³-hybridized carbons (Fsp3) is 0.500. The third kappa shape index (κ3) is 4.03. The maximum Gasteiger partial charge on any atom is 0.242 e. The molecule has 2 aromatic rings. The van der Waals surface area contributed by atoms with Gasteiger partial charge in [-0.15, -0.1) is 0 Å². The lowest BCUT2D eigenvalue weighted by atomic mass is 9.86. The Hall–Kier alpha value is -1.89. The number of halogens is 1. The number of nitrogens with zero attached hydrogens (tertiary/aromatic N) is 3. The van der Waals surface area contributed by atoms with E-state index in [0.717, 1.165) is 48.8 Å². The quantitative estimate of drug-likeness (QED) is 0.846. The highest BCUT2D eigenvalue weighted by Crippen LogP contribution is 2.33. The standard InChI is InChI=1S/C20H26ClN5O/c1-14-22-8-11-26(14)13-20(27)25-9-6-15(7-10-25)18-12-19(24-23-18)16-4-2-3-5-17(16)21/h2-5,8,11,15,18-19,23-24H,6-7,9-10,12-13H2,1H3. The van der Waals surface area contributed by atoms with Gasteiger partial charge in [-0.3, -0.25) is 10.2 Å². The van der Waals surface area contributed by atoms with E-state index in [4.69, 9.17) is 11.6 Å². The number of hydrazine groups is 1. The minimum absolute atomic E-state index is 0.181. The van der Waals surface area contributed by atoms with Crippen LogP contribution in [0.3, 0.4) is 0 Å². The largest absolute Gasteiger partial charge is 0.341 e. The van der Waals surface area contributed by atoms with Crippen LogP contribution in [0, 0.1) is 12.8 Å². The third-order valence-electron chi connectivity index (χ3n) is 5.90. The first kappa shape index (κ1) is 18.5. The molecule has 2 atom stereocenters. The number of amides is 1. The second-order valence-electron chi connectivity index (χ2n) is 7.53. The number of piperidine rings is 1. The van der Waals surface area contributed by atoms with Crippen LogP contribution in [0.15, 0.2) is 36.7 Å². The Bertz CT molecular complexity index is 799. The van der Waals surface area contributed by atoms with E-state index in [-0.39, 0.29) is 11.9 Å². The summed E-state index contributed by atoms with van der Waals surface area (Å²) in [6, 6.07) is 8.68. The van der Waals surface area contributed by atoms with Crippen molar-refractivity contribution in [2.24, 2.45) is 5.92 Å². The summed E-state index contributed by atoms with van der Waals surface area (Å²) in [5.41, 5.74) is 8.02. The number of hydrogen-bond donors (Lipinski definition) is 2.